The summed E-state index contributed by atoms with van der Waals surface area (Å²) in [5, 5.41) is 8.06. The largest absolute Gasteiger partial charge is 0.370 e. The van der Waals surface area contributed by atoms with Crippen molar-refractivity contribution in [2.24, 2.45) is 16.6 Å². The summed E-state index contributed by atoms with van der Waals surface area (Å²) in [5.74, 6) is 1.19. The quantitative estimate of drug-likeness (QED) is 0.240. The first-order valence-electron chi connectivity index (χ1n) is 8.57. The molecule has 0 atom stereocenters. The SMILES string of the molecule is I.NC(=NCCc1cccs1)NCCNC(=O)CC1CCCCC1. The molecule has 1 heterocycles. The minimum Gasteiger partial charge on any atom is -0.370 e. The van der Waals surface area contributed by atoms with Crippen molar-refractivity contribution in [1.82, 2.24) is 10.6 Å². The van der Waals surface area contributed by atoms with Crippen LogP contribution in [0.1, 0.15) is 43.4 Å². The number of halogens is 1. The molecule has 7 heteroatoms. The maximum atomic E-state index is 11.9. The Morgan fingerprint density at radius 3 is 2.71 bits per heavy atom. The van der Waals surface area contributed by atoms with E-state index < -0.39 is 0 Å². The van der Waals surface area contributed by atoms with Crippen LogP contribution < -0.4 is 16.4 Å². The Morgan fingerprint density at radius 2 is 2.00 bits per heavy atom. The monoisotopic (exact) mass is 464 g/mol. The van der Waals surface area contributed by atoms with Crippen molar-refractivity contribution in [2.45, 2.75) is 44.9 Å². The number of guanidine groups is 1. The minimum atomic E-state index is 0. The lowest BCUT2D eigenvalue weighted by Crippen LogP contribution is -2.39. The Labute approximate surface area is 165 Å². The third-order valence-corrected chi connectivity index (χ3v) is 5.11. The number of thiophene rings is 1. The molecule has 1 aromatic rings. The van der Waals surface area contributed by atoms with Gasteiger partial charge in [0.15, 0.2) is 5.96 Å². The summed E-state index contributed by atoms with van der Waals surface area (Å²) in [4.78, 5) is 17.5. The molecule has 0 saturated heterocycles. The zero-order valence-corrected chi connectivity index (χ0v) is 17.3. The van der Waals surface area contributed by atoms with E-state index in [1.807, 2.05) is 6.07 Å². The van der Waals surface area contributed by atoms with Crippen molar-refractivity contribution in [2.75, 3.05) is 19.6 Å². The normalized spacial score (nSPS) is 15.6. The summed E-state index contributed by atoms with van der Waals surface area (Å²) in [6.07, 6.45) is 7.87. The Hall–Kier alpha value is -0.830. The highest BCUT2D eigenvalue weighted by Gasteiger charge is 2.16. The molecular weight excluding hydrogens is 435 g/mol. The third kappa shape index (κ3) is 8.86. The summed E-state index contributed by atoms with van der Waals surface area (Å²) in [5.41, 5.74) is 5.81. The number of nitrogens with one attached hydrogen (secondary N) is 2. The molecule has 1 aliphatic rings. The van der Waals surface area contributed by atoms with Gasteiger partial charge >= 0.3 is 0 Å². The number of nitrogens with zero attached hydrogens (tertiary/aromatic N) is 1. The van der Waals surface area contributed by atoms with Crippen molar-refractivity contribution in [3.05, 3.63) is 22.4 Å². The van der Waals surface area contributed by atoms with Crippen molar-refractivity contribution < 1.29 is 4.79 Å². The van der Waals surface area contributed by atoms with E-state index in [4.69, 9.17) is 5.73 Å². The third-order valence-electron chi connectivity index (χ3n) is 4.17. The van der Waals surface area contributed by atoms with Crippen LogP contribution in [0, 0.1) is 5.92 Å². The smallest absolute Gasteiger partial charge is 0.220 e. The van der Waals surface area contributed by atoms with E-state index in [2.05, 4.69) is 27.1 Å². The van der Waals surface area contributed by atoms with Gasteiger partial charge in [-0.2, -0.15) is 0 Å². The van der Waals surface area contributed by atoms with Gasteiger partial charge in [-0.15, -0.1) is 35.3 Å². The van der Waals surface area contributed by atoms with Crippen molar-refractivity contribution in [3.63, 3.8) is 0 Å². The van der Waals surface area contributed by atoms with Crippen LogP contribution in [0.15, 0.2) is 22.5 Å². The first-order valence-corrected chi connectivity index (χ1v) is 9.45. The molecule has 1 aromatic heterocycles. The molecule has 24 heavy (non-hydrogen) atoms. The van der Waals surface area contributed by atoms with Crippen molar-refractivity contribution >= 4 is 47.2 Å². The summed E-state index contributed by atoms with van der Waals surface area (Å²) in [7, 11) is 0. The fourth-order valence-electron chi connectivity index (χ4n) is 2.92. The number of hydrogen-bond donors (Lipinski definition) is 3. The molecular formula is C17H29IN4OS. The highest BCUT2D eigenvalue weighted by Crippen LogP contribution is 2.25. The van der Waals surface area contributed by atoms with Gasteiger partial charge in [0, 0.05) is 37.4 Å². The lowest BCUT2D eigenvalue weighted by Gasteiger charge is -2.20. The first-order chi connectivity index (χ1) is 11.2. The topological polar surface area (TPSA) is 79.5 Å². The van der Waals surface area contributed by atoms with Crippen LogP contribution in [0.2, 0.25) is 0 Å². The Bertz CT molecular complexity index is 487. The molecule has 4 N–H and O–H groups in total. The van der Waals surface area contributed by atoms with E-state index in [0.29, 0.717) is 37.9 Å². The maximum Gasteiger partial charge on any atom is 0.220 e. The summed E-state index contributed by atoms with van der Waals surface area (Å²) in [6, 6.07) is 4.15. The highest BCUT2D eigenvalue weighted by atomic mass is 127. The predicted octanol–water partition coefficient (Wildman–Crippen LogP) is 2.90. The van der Waals surface area contributed by atoms with Crippen LogP contribution in [-0.2, 0) is 11.2 Å². The predicted molar refractivity (Wildman–Crippen MR) is 112 cm³/mol. The summed E-state index contributed by atoms with van der Waals surface area (Å²) >= 11 is 1.74. The van der Waals surface area contributed by atoms with Crippen LogP contribution in [0.5, 0.6) is 0 Å². The van der Waals surface area contributed by atoms with Gasteiger partial charge in [-0.05, 0) is 30.2 Å². The molecule has 136 valence electrons. The number of rotatable bonds is 8. The molecule has 0 aliphatic heterocycles. The maximum absolute atomic E-state index is 11.9. The van der Waals surface area contributed by atoms with E-state index in [9.17, 15) is 4.79 Å². The van der Waals surface area contributed by atoms with E-state index >= 15 is 0 Å². The molecule has 1 aliphatic carbocycles. The average Bonchev–Trinajstić information content (AvgIpc) is 3.06. The number of hydrogen-bond acceptors (Lipinski definition) is 3. The van der Waals surface area contributed by atoms with E-state index in [1.165, 1.54) is 37.0 Å². The van der Waals surface area contributed by atoms with Gasteiger partial charge in [-0.25, -0.2) is 0 Å². The van der Waals surface area contributed by atoms with Crippen LogP contribution in [0.25, 0.3) is 0 Å². The highest BCUT2D eigenvalue weighted by molar-refractivity contribution is 14.0. The second-order valence-electron chi connectivity index (χ2n) is 6.08. The number of carbonyl (C=O) groups is 1. The molecule has 1 amide bonds. The molecule has 0 radical (unpaired) electrons. The fourth-order valence-corrected chi connectivity index (χ4v) is 3.61. The molecule has 0 spiro atoms. The second kappa shape index (κ2) is 12.5. The van der Waals surface area contributed by atoms with Gasteiger partial charge in [-0.1, -0.05) is 25.3 Å². The van der Waals surface area contributed by atoms with Crippen molar-refractivity contribution in [1.29, 1.82) is 0 Å². The van der Waals surface area contributed by atoms with Gasteiger partial charge < -0.3 is 16.4 Å². The van der Waals surface area contributed by atoms with E-state index in [0.717, 1.165) is 6.42 Å². The van der Waals surface area contributed by atoms with E-state index in [-0.39, 0.29) is 29.9 Å². The van der Waals surface area contributed by atoms with Gasteiger partial charge in [0.25, 0.3) is 0 Å². The Morgan fingerprint density at radius 1 is 1.25 bits per heavy atom. The minimum absolute atomic E-state index is 0. The molecule has 2 rings (SSSR count). The lowest BCUT2D eigenvalue weighted by molar-refractivity contribution is -0.122. The van der Waals surface area contributed by atoms with Gasteiger partial charge in [0.05, 0.1) is 0 Å². The molecule has 1 saturated carbocycles. The Kier molecular flexibility index (Phi) is 11.1. The first kappa shape index (κ1) is 21.2. The summed E-state index contributed by atoms with van der Waals surface area (Å²) in [6.45, 7) is 1.89. The molecule has 0 unspecified atom stereocenters. The van der Waals surface area contributed by atoms with Gasteiger partial charge in [-0.3, -0.25) is 9.79 Å². The average molecular weight is 464 g/mol. The molecule has 1 fully saturated rings. The summed E-state index contributed by atoms with van der Waals surface area (Å²) < 4.78 is 0. The fraction of sp³-hybridized carbons (Fsp3) is 0.647. The van der Waals surface area contributed by atoms with Crippen LogP contribution in [0.3, 0.4) is 0 Å². The number of amides is 1. The van der Waals surface area contributed by atoms with Crippen LogP contribution in [-0.4, -0.2) is 31.5 Å². The number of aliphatic imine (C=N–C) groups is 1. The number of carbonyl (C=O) groups excluding carboxylic acids is 1. The zero-order chi connectivity index (χ0) is 16.3. The van der Waals surface area contributed by atoms with Crippen LogP contribution in [0.4, 0.5) is 0 Å². The number of nitrogens with two attached hydrogens (primary N) is 1. The van der Waals surface area contributed by atoms with Crippen LogP contribution >= 0.6 is 35.3 Å². The van der Waals surface area contributed by atoms with Gasteiger partial charge in [0.2, 0.25) is 5.91 Å². The second-order valence-corrected chi connectivity index (χ2v) is 7.11. The zero-order valence-electron chi connectivity index (χ0n) is 14.1. The standard InChI is InChI=1S/C17H28N4OS.HI/c18-17(20-9-8-15-7-4-12-23-15)21-11-10-19-16(22)13-14-5-2-1-3-6-14;/h4,7,12,14H,1-3,5-6,8-11,13H2,(H,19,22)(H3,18,20,21);1H. The molecule has 5 nitrogen and oxygen atoms in total. The van der Waals surface area contributed by atoms with Gasteiger partial charge in [0.1, 0.15) is 0 Å². The van der Waals surface area contributed by atoms with Crippen molar-refractivity contribution in [3.8, 4) is 0 Å². The van der Waals surface area contributed by atoms with E-state index in [1.54, 1.807) is 11.3 Å². The Balaban J connectivity index is 0.00000288. The lowest BCUT2D eigenvalue weighted by atomic mass is 9.87. The molecule has 0 bridgehead atoms. The molecule has 0 aromatic carbocycles.